The van der Waals surface area contributed by atoms with Crippen molar-refractivity contribution < 1.29 is 18.3 Å². The van der Waals surface area contributed by atoms with E-state index < -0.39 is 27.3 Å². The first-order valence-electron chi connectivity index (χ1n) is 13.3. The van der Waals surface area contributed by atoms with Crippen molar-refractivity contribution in [3.8, 4) is 0 Å². The van der Waals surface area contributed by atoms with Gasteiger partial charge >= 0.3 is 5.97 Å². The minimum absolute atomic E-state index is 0.184. The predicted molar refractivity (Wildman–Crippen MR) is 155 cm³/mol. The molecule has 2 unspecified atom stereocenters. The monoisotopic (exact) mass is 561 g/mol. The van der Waals surface area contributed by atoms with E-state index in [1.165, 1.54) is 4.31 Å². The van der Waals surface area contributed by atoms with Crippen LogP contribution in [0.5, 0.6) is 0 Å². The van der Waals surface area contributed by atoms with Gasteiger partial charge in [-0.05, 0) is 59.9 Å². The van der Waals surface area contributed by atoms with Crippen LogP contribution in [0.25, 0.3) is 11.0 Å². The van der Waals surface area contributed by atoms with Gasteiger partial charge in [0, 0.05) is 39.1 Å². The van der Waals surface area contributed by atoms with Gasteiger partial charge in [0.05, 0.1) is 17.1 Å². The summed E-state index contributed by atoms with van der Waals surface area (Å²) in [6.07, 6.45) is 0. The lowest BCUT2D eigenvalue weighted by Crippen LogP contribution is -2.38. The minimum Gasteiger partial charge on any atom is -0.481 e. The van der Waals surface area contributed by atoms with Crippen LogP contribution < -0.4 is 4.90 Å². The van der Waals surface area contributed by atoms with Crippen molar-refractivity contribution in [2.45, 2.75) is 44.6 Å². The fourth-order valence-corrected chi connectivity index (χ4v) is 7.48. The fraction of sp³-hybridized carbons (Fsp3) is 0.367. The van der Waals surface area contributed by atoms with Gasteiger partial charge < -0.3 is 10.0 Å². The number of aliphatic carboxylic acids is 1. The van der Waals surface area contributed by atoms with Gasteiger partial charge in [0.1, 0.15) is 10.4 Å². The summed E-state index contributed by atoms with van der Waals surface area (Å²) in [4.78, 5) is 14.7. The van der Waals surface area contributed by atoms with Gasteiger partial charge in [0.2, 0.25) is 10.0 Å². The zero-order valence-electron chi connectivity index (χ0n) is 23.7. The molecular weight excluding hydrogens is 526 g/mol. The van der Waals surface area contributed by atoms with Gasteiger partial charge in [0.25, 0.3) is 0 Å². The third-order valence-corrected chi connectivity index (χ3v) is 10.6. The number of nitrogens with zero attached hydrogens (tertiary/aromatic N) is 5. The summed E-state index contributed by atoms with van der Waals surface area (Å²) < 4.78 is 30.8. The van der Waals surface area contributed by atoms with Crippen molar-refractivity contribution in [3.05, 3.63) is 82.4 Å². The van der Waals surface area contributed by atoms with E-state index >= 15 is 0 Å². The molecule has 1 N–H and O–H groups in total. The topological polar surface area (TPSA) is 109 Å². The number of anilines is 1. The number of likely N-dealkylation sites (N-methyl/N-ethyl adjacent to an activating group) is 1. The Balaban J connectivity index is 1.62. The van der Waals surface area contributed by atoms with Crippen LogP contribution in [-0.4, -0.2) is 58.9 Å². The maximum atomic E-state index is 13.8. The maximum absolute atomic E-state index is 13.8. The molecule has 1 aromatic heterocycles. The highest BCUT2D eigenvalue weighted by atomic mass is 32.2. The Morgan fingerprint density at radius 2 is 1.80 bits per heavy atom. The van der Waals surface area contributed by atoms with Crippen LogP contribution in [0.4, 0.5) is 5.69 Å². The molecule has 1 aliphatic rings. The van der Waals surface area contributed by atoms with Gasteiger partial charge in [0.15, 0.2) is 0 Å². The van der Waals surface area contributed by atoms with Crippen LogP contribution >= 0.6 is 0 Å². The second-order valence-electron chi connectivity index (χ2n) is 11.0. The first-order chi connectivity index (χ1) is 18.9. The molecular formula is C30H35N5O4S. The lowest BCUT2D eigenvalue weighted by molar-refractivity contribution is -0.142. The molecule has 1 aliphatic heterocycles. The first kappa shape index (κ1) is 27.8. The molecule has 5 rings (SSSR count). The van der Waals surface area contributed by atoms with Gasteiger partial charge in [-0.1, -0.05) is 55.5 Å². The second-order valence-corrected chi connectivity index (χ2v) is 12.9. The number of rotatable bonds is 6. The highest BCUT2D eigenvalue weighted by molar-refractivity contribution is 7.89. The largest absolute Gasteiger partial charge is 0.481 e. The van der Waals surface area contributed by atoms with Crippen LogP contribution in [-0.2, 0) is 33.8 Å². The minimum atomic E-state index is -3.75. The Morgan fingerprint density at radius 1 is 1.07 bits per heavy atom. The van der Waals surface area contributed by atoms with Crippen LogP contribution in [0.15, 0.2) is 59.5 Å². The zero-order chi connectivity index (χ0) is 29.0. The number of carboxylic acids is 1. The molecule has 0 aliphatic carbocycles. The lowest BCUT2D eigenvalue weighted by atomic mass is 9.66. The molecule has 3 aromatic carbocycles. The number of fused-ring (bicyclic) bond motifs is 2. The smallest absolute Gasteiger partial charge is 0.307 e. The summed E-state index contributed by atoms with van der Waals surface area (Å²) in [7, 11) is -0.0184. The molecule has 2 heterocycles. The van der Waals surface area contributed by atoms with E-state index in [1.807, 2.05) is 82.2 Å². The summed E-state index contributed by atoms with van der Waals surface area (Å²) in [5.41, 5.74) is 5.67. The van der Waals surface area contributed by atoms with E-state index in [4.69, 9.17) is 0 Å². The molecule has 0 saturated heterocycles. The van der Waals surface area contributed by atoms with Crippen LogP contribution in [0.2, 0.25) is 0 Å². The molecule has 0 bridgehead atoms. The molecule has 9 nitrogen and oxygen atoms in total. The van der Waals surface area contributed by atoms with Crippen molar-refractivity contribution in [3.63, 3.8) is 0 Å². The Labute approximate surface area is 235 Å². The van der Waals surface area contributed by atoms with Gasteiger partial charge in [-0.3, -0.25) is 4.79 Å². The molecule has 40 heavy (non-hydrogen) atoms. The molecule has 4 aromatic rings. The molecule has 0 radical (unpaired) electrons. The van der Waals surface area contributed by atoms with E-state index in [2.05, 4.69) is 10.3 Å². The number of aryl methyl sites for hydroxylation is 3. The number of carbonyl (C=O) groups is 1. The predicted octanol–water partition coefficient (Wildman–Crippen LogP) is 4.25. The van der Waals surface area contributed by atoms with Crippen LogP contribution in [0.3, 0.4) is 0 Å². The Kier molecular flexibility index (Phi) is 6.96. The second kappa shape index (κ2) is 10.0. The van der Waals surface area contributed by atoms with Crippen molar-refractivity contribution in [1.29, 1.82) is 0 Å². The average Bonchev–Trinajstić information content (AvgIpc) is 3.28. The molecule has 2 atom stereocenters. The van der Waals surface area contributed by atoms with Crippen LogP contribution in [0, 0.1) is 19.8 Å². The van der Waals surface area contributed by atoms with Gasteiger partial charge in [-0.2, -0.15) is 4.31 Å². The van der Waals surface area contributed by atoms with Crippen molar-refractivity contribution in [2.75, 3.05) is 25.0 Å². The lowest BCUT2D eigenvalue weighted by Gasteiger charge is -2.36. The standard InChI is InChI=1S/C30H35N5O4S/c1-19-11-12-23(17-22(19)18-35-16-15-33(5)25-9-7-8-10-27(25)40(35,38)39)30(4,21(3)29(36)37)24-13-14-26-28(20(24)2)31-32-34(26)6/h7-14,17,21H,15-16,18H2,1-6H3,(H,36,37). The number of carboxylic acid groups (broad SMARTS) is 1. The summed E-state index contributed by atoms with van der Waals surface area (Å²) in [5, 5.41) is 18.7. The molecule has 0 amide bonds. The van der Waals surface area contributed by atoms with Crippen molar-refractivity contribution in [1.82, 2.24) is 19.3 Å². The number of benzene rings is 3. The number of para-hydroxylation sites is 1. The first-order valence-corrected chi connectivity index (χ1v) is 14.7. The quantitative estimate of drug-likeness (QED) is 0.375. The Hall–Kier alpha value is -3.76. The Bertz CT molecular complexity index is 1730. The highest BCUT2D eigenvalue weighted by Gasteiger charge is 2.41. The van der Waals surface area contributed by atoms with E-state index in [0.29, 0.717) is 23.7 Å². The molecule has 0 fully saturated rings. The molecule has 10 heteroatoms. The molecule has 0 spiro atoms. The highest BCUT2D eigenvalue weighted by Crippen LogP contribution is 2.43. The number of hydrogen-bond donors (Lipinski definition) is 1. The SMILES string of the molecule is Cc1ccc(C(C)(c2ccc3c(nnn3C)c2C)C(C)C(=O)O)cc1CN1CCN(C)c2ccccc2S1(=O)=O. The van der Waals surface area contributed by atoms with E-state index in [9.17, 15) is 18.3 Å². The van der Waals surface area contributed by atoms with E-state index in [1.54, 1.807) is 23.7 Å². The molecule has 210 valence electrons. The average molecular weight is 562 g/mol. The van der Waals surface area contributed by atoms with Gasteiger partial charge in [-0.25, -0.2) is 13.1 Å². The van der Waals surface area contributed by atoms with E-state index in [0.717, 1.165) is 38.9 Å². The zero-order valence-corrected chi connectivity index (χ0v) is 24.5. The normalized spacial score (nSPS) is 17.7. The Morgan fingerprint density at radius 3 is 2.52 bits per heavy atom. The maximum Gasteiger partial charge on any atom is 0.307 e. The third-order valence-electron chi connectivity index (χ3n) is 8.71. The molecule has 0 saturated carbocycles. The summed E-state index contributed by atoms with van der Waals surface area (Å²) in [6, 6.07) is 16.9. The summed E-state index contributed by atoms with van der Waals surface area (Å²) in [6.45, 7) is 8.64. The summed E-state index contributed by atoms with van der Waals surface area (Å²) >= 11 is 0. The van der Waals surface area contributed by atoms with E-state index in [-0.39, 0.29) is 6.54 Å². The number of hydrogen-bond acceptors (Lipinski definition) is 6. The number of aromatic nitrogens is 3. The van der Waals surface area contributed by atoms with Crippen LogP contribution in [0.1, 0.15) is 41.7 Å². The summed E-state index contributed by atoms with van der Waals surface area (Å²) in [5.74, 6) is -1.70. The number of sulfonamides is 1. The third kappa shape index (κ3) is 4.35. The van der Waals surface area contributed by atoms with Crippen molar-refractivity contribution >= 4 is 32.7 Å². The fourth-order valence-electron chi connectivity index (χ4n) is 5.83. The van der Waals surface area contributed by atoms with Crippen molar-refractivity contribution in [2.24, 2.45) is 13.0 Å². The van der Waals surface area contributed by atoms with Gasteiger partial charge in [-0.15, -0.1) is 5.10 Å².